The summed E-state index contributed by atoms with van der Waals surface area (Å²) in [5.41, 5.74) is 6.02. The number of ether oxygens (including phenoxy) is 1. The molecular weight excluding hydrogens is 138 g/mol. The maximum atomic E-state index is 5.87. The van der Waals surface area contributed by atoms with E-state index < -0.39 is 0 Å². The summed E-state index contributed by atoms with van der Waals surface area (Å²) < 4.78 is 5.41. The molecule has 68 valence electrons. The fourth-order valence-corrected chi connectivity index (χ4v) is 0.546. The minimum atomic E-state index is 0.130. The lowest BCUT2D eigenvalue weighted by Gasteiger charge is -2.27. The van der Waals surface area contributed by atoms with Crippen LogP contribution < -0.4 is 5.73 Å². The first kappa shape index (κ1) is 10.9. The summed E-state index contributed by atoms with van der Waals surface area (Å²) in [5.74, 6) is 0. The Bertz CT molecular complexity index is 105. The van der Waals surface area contributed by atoms with Gasteiger partial charge >= 0.3 is 0 Å². The van der Waals surface area contributed by atoms with Crippen LogP contribution in [0, 0.1) is 5.41 Å². The summed E-state index contributed by atoms with van der Waals surface area (Å²) >= 11 is 0. The van der Waals surface area contributed by atoms with E-state index in [2.05, 4.69) is 20.8 Å². The summed E-state index contributed by atoms with van der Waals surface area (Å²) in [7, 11) is 0. The lowest BCUT2D eigenvalue weighted by atomic mass is 9.88. The molecule has 0 aliphatic heterocycles. The maximum Gasteiger partial charge on any atom is 0.0626 e. The van der Waals surface area contributed by atoms with E-state index in [1.807, 2.05) is 13.8 Å². The van der Waals surface area contributed by atoms with Gasteiger partial charge in [0.05, 0.1) is 12.7 Å². The van der Waals surface area contributed by atoms with Crippen LogP contribution in [0.25, 0.3) is 0 Å². The monoisotopic (exact) mass is 159 g/mol. The molecular formula is C9H21NO. The van der Waals surface area contributed by atoms with Gasteiger partial charge in [-0.25, -0.2) is 0 Å². The molecule has 0 aliphatic rings. The first-order valence-corrected chi connectivity index (χ1v) is 4.21. The fraction of sp³-hybridized carbons (Fsp3) is 1.00. The predicted octanol–water partition coefficient (Wildman–Crippen LogP) is 1.78. The summed E-state index contributed by atoms with van der Waals surface area (Å²) in [6, 6.07) is 0.130. The van der Waals surface area contributed by atoms with Crippen LogP contribution in [0.15, 0.2) is 0 Å². The molecule has 1 atom stereocenters. The molecule has 0 heterocycles. The van der Waals surface area contributed by atoms with Crippen molar-refractivity contribution in [2.24, 2.45) is 11.1 Å². The summed E-state index contributed by atoms with van der Waals surface area (Å²) in [6.07, 6.45) is 0.281. The van der Waals surface area contributed by atoms with E-state index in [1.54, 1.807) is 0 Å². The standard InChI is InChI=1S/C9H21NO/c1-7(2)11-6-8(10)9(3,4)5/h7-8H,6,10H2,1-5H3/t8-/m0/s1. The molecule has 0 fully saturated rings. The Balaban J connectivity index is 3.61. The summed E-state index contributed by atoms with van der Waals surface area (Å²) in [5, 5.41) is 0. The van der Waals surface area contributed by atoms with Crippen molar-refractivity contribution < 1.29 is 4.74 Å². The zero-order chi connectivity index (χ0) is 9.07. The van der Waals surface area contributed by atoms with Gasteiger partial charge in [0, 0.05) is 6.04 Å². The second-order valence-electron chi connectivity index (χ2n) is 4.35. The van der Waals surface area contributed by atoms with Gasteiger partial charge in [0.2, 0.25) is 0 Å². The highest BCUT2D eigenvalue weighted by Gasteiger charge is 2.20. The minimum Gasteiger partial charge on any atom is -0.377 e. The fourth-order valence-electron chi connectivity index (χ4n) is 0.546. The van der Waals surface area contributed by atoms with Gasteiger partial charge in [-0.05, 0) is 19.3 Å². The van der Waals surface area contributed by atoms with Gasteiger partial charge in [0.15, 0.2) is 0 Å². The number of hydrogen-bond donors (Lipinski definition) is 1. The zero-order valence-corrected chi connectivity index (χ0v) is 8.35. The van der Waals surface area contributed by atoms with Crippen molar-refractivity contribution in [1.29, 1.82) is 0 Å². The van der Waals surface area contributed by atoms with E-state index >= 15 is 0 Å². The Labute approximate surface area is 70.1 Å². The first-order chi connectivity index (χ1) is 4.84. The lowest BCUT2D eigenvalue weighted by molar-refractivity contribution is 0.0468. The van der Waals surface area contributed by atoms with E-state index in [4.69, 9.17) is 10.5 Å². The van der Waals surface area contributed by atoms with E-state index in [9.17, 15) is 0 Å². The van der Waals surface area contributed by atoms with Crippen LogP contribution in [0.3, 0.4) is 0 Å². The molecule has 2 nitrogen and oxygen atoms in total. The van der Waals surface area contributed by atoms with Gasteiger partial charge in [-0.3, -0.25) is 0 Å². The summed E-state index contributed by atoms with van der Waals surface area (Å²) in [4.78, 5) is 0. The Kier molecular flexibility index (Phi) is 4.04. The highest BCUT2D eigenvalue weighted by molar-refractivity contribution is 4.76. The molecule has 0 spiro atoms. The highest BCUT2D eigenvalue weighted by atomic mass is 16.5. The average molecular weight is 159 g/mol. The molecule has 0 radical (unpaired) electrons. The van der Waals surface area contributed by atoms with E-state index in [1.165, 1.54) is 0 Å². The molecule has 2 N–H and O–H groups in total. The molecule has 0 amide bonds. The Hall–Kier alpha value is -0.0800. The largest absolute Gasteiger partial charge is 0.377 e. The number of nitrogens with two attached hydrogens (primary N) is 1. The van der Waals surface area contributed by atoms with Gasteiger partial charge in [0.25, 0.3) is 0 Å². The molecule has 0 saturated carbocycles. The van der Waals surface area contributed by atoms with E-state index in [0.717, 1.165) is 0 Å². The van der Waals surface area contributed by atoms with Crippen LogP contribution in [0.5, 0.6) is 0 Å². The number of hydrogen-bond acceptors (Lipinski definition) is 2. The highest BCUT2D eigenvalue weighted by Crippen LogP contribution is 2.17. The van der Waals surface area contributed by atoms with Crippen LogP contribution in [-0.4, -0.2) is 18.8 Å². The van der Waals surface area contributed by atoms with Crippen molar-refractivity contribution in [3.63, 3.8) is 0 Å². The van der Waals surface area contributed by atoms with Crippen LogP contribution in [0.1, 0.15) is 34.6 Å². The summed E-state index contributed by atoms with van der Waals surface area (Å²) in [6.45, 7) is 11.1. The smallest absolute Gasteiger partial charge is 0.0626 e. The van der Waals surface area contributed by atoms with Gasteiger partial charge in [-0.1, -0.05) is 20.8 Å². The Morgan fingerprint density at radius 1 is 1.27 bits per heavy atom. The van der Waals surface area contributed by atoms with Crippen molar-refractivity contribution >= 4 is 0 Å². The van der Waals surface area contributed by atoms with Crippen molar-refractivity contribution in [2.75, 3.05) is 6.61 Å². The third kappa shape index (κ3) is 5.22. The second kappa shape index (κ2) is 4.07. The van der Waals surface area contributed by atoms with Crippen molar-refractivity contribution in [3.8, 4) is 0 Å². The average Bonchev–Trinajstić information content (AvgIpc) is 1.80. The second-order valence-corrected chi connectivity index (χ2v) is 4.35. The van der Waals surface area contributed by atoms with E-state index in [-0.39, 0.29) is 17.6 Å². The van der Waals surface area contributed by atoms with Crippen molar-refractivity contribution in [3.05, 3.63) is 0 Å². The molecule has 2 heteroatoms. The molecule has 11 heavy (non-hydrogen) atoms. The Morgan fingerprint density at radius 2 is 1.73 bits per heavy atom. The van der Waals surface area contributed by atoms with E-state index in [0.29, 0.717) is 6.61 Å². The Morgan fingerprint density at radius 3 is 2.00 bits per heavy atom. The molecule has 0 aromatic carbocycles. The molecule has 0 rings (SSSR count). The minimum absolute atomic E-state index is 0.130. The third-order valence-corrected chi connectivity index (χ3v) is 1.72. The van der Waals surface area contributed by atoms with Crippen molar-refractivity contribution in [2.45, 2.75) is 46.8 Å². The van der Waals surface area contributed by atoms with Gasteiger partial charge in [0.1, 0.15) is 0 Å². The van der Waals surface area contributed by atoms with Crippen molar-refractivity contribution in [1.82, 2.24) is 0 Å². The molecule has 0 unspecified atom stereocenters. The maximum absolute atomic E-state index is 5.87. The van der Waals surface area contributed by atoms with Crippen LogP contribution in [-0.2, 0) is 4.74 Å². The molecule has 0 aliphatic carbocycles. The normalized spacial score (nSPS) is 15.5. The van der Waals surface area contributed by atoms with Crippen LogP contribution in [0.4, 0.5) is 0 Å². The lowest BCUT2D eigenvalue weighted by Crippen LogP contribution is -2.39. The zero-order valence-electron chi connectivity index (χ0n) is 8.35. The quantitative estimate of drug-likeness (QED) is 0.681. The third-order valence-electron chi connectivity index (χ3n) is 1.72. The molecule has 0 aromatic rings. The molecule has 0 bridgehead atoms. The van der Waals surface area contributed by atoms with Crippen LogP contribution >= 0.6 is 0 Å². The first-order valence-electron chi connectivity index (χ1n) is 4.21. The topological polar surface area (TPSA) is 35.2 Å². The molecule has 0 saturated heterocycles. The van der Waals surface area contributed by atoms with Gasteiger partial charge in [-0.15, -0.1) is 0 Å². The van der Waals surface area contributed by atoms with Gasteiger partial charge in [-0.2, -0.15) is 0 Å². The predicted molar refractivity (Wildman–Crippen MR) is 48.5 cm³/mol. The van der Waals surface area contributed by atoms with Gasteiger partial charge < -0.3 is 10.5 Å². The number of rotatable bonds is 3. The SMILES string of the molecule is CC(C)OC[C@H](N)C(C)(C)C. The molecule has 0 aromatic heterocycles. The van der Waals surface area contributed by atoms with Crippen LogP contribution in [0.2, 0.25) is 0 Å².